The largest absolute Gasteiger partial charge is 0.508 e. The molecule has 17 nitrogen and oxygen atoms in total. The number of aliphatic hydroxyl groups excluding tert-OH is 3. The number of aliphatic hydroxyl groups is 3. The maximum atomic E-state index is 13.8. The van der Waals surface area contributed by atoms with Crippen LogP contribution in [0, 0.1) is 13.8 Å². The van der Waals surface area contributed by atoms with Crippen molar-refractivity contribution in [1.29, 1.82) is 0 Å². The zero-order valence-electron chi connectivity index (χ0n) is 31.4. The molecule has 0 bridgehead atoms. The molecule has 2 fully saturated rings. The number of hydrogen-bond acceptors (Lipinski definition) is 12. The molecule has 0 unspecified atom stereocenters. The molecule has 2 aliphatic heterocycles. The number of carbonyl (C=O) groups excluding carboxylic acids is 5. The van der Waals surface area contributed by atoms with E-state index in [-0.39, 0.29) is 31.6 Å². The number of primary amides is 1. The van der Waals surface area contributed by atoms with Crippen molar-refractivity contribution < 1.29 is 53.9 Å². The van der Waals surface area contributed by atoms with E-state index in [4.69, 9.17) is 20.9 Å². The van der Waals surface area contributed by atoms with Crippen LogP contribution in [-0.2, 0) is 46.3 Å². The molecule has 2 heterocycles. The average Bonchev–Trinajstić information content (AvgIpc) is 3.64. The second-order valence-electron chi connectivity index (χ2n) is 14.2. The lowest BCUT2D eigenvalue weighted by Crippen LogP contribution is -2.61. The summed E-state index contributed by atoms with van der Waals surface area (Å²) in [5, 5.41) is 48.1. The van der Waals surface area contributed by atoms with Crippen molar-refractivity contribution in [2.45, 2.75) is 114 Å². The molecule has 11 N–H and O–H groups in total. The number of hydrogen-bond donors (Lipinski definition) is 9. The average molecular weight is 771 g/mol. The van der Waals surface area contributed by atoms with E-state index in [0.717, 1.165) is 22.3 Å². The Kier molecular flexibility index (Phi) is 15.5. The van der Waals surface area contributed by atoms with E-state index in [1.807, 2.05) is 19.9 Å². The third-order valence-corrected chi connectivity index (χ3v) is 10.1. The summed E-state index contributed by atoms with van der Waals surface area (Å²) < 4.78 is 10.2. The van der Waals surface area contributed by atoms with Gasteiger partial charge < -0.3 is 62.2 Å². The van der Waals surface area contributed by atoms with Crippen LogP contribution in [-0.4, -0.2) is 130 Å². The standard InChI is InChI=1S/C38H54N6O11/c1-20-16-23(45)17-21(2)24(20)19-25(39)37(53)44-15-9-13-28(44)35(51)43-27(18-22-10-5-4-6-11-22)34(50)42-26(33(40)49)12-7-8-14-41-36(52)32-30(47)29(46)31(48)38(54-3)55-32/h4-6,10-11,16-17,25-32,38,45-48H,7-9,12-15,18-19,39H2,1-3H3,(H2,40,49)(H,41,52)(H,42,50)(H,43,51)/t25-,26+,27-,28-,29-,30-,31+,32-,38+/m0/s1. The number of ether oxygens (including phenoxy) is 2. The molecule has 2 aromatic rings. The first kappa shape index (κ1) is 43.1. The number of amides is 5. The van der Waals surface area contributed by atoms with Crippen LogP contribution in [0.15, 0.2) is 42.5 Å². The molecular formula is C38H54N6O11. The maximum Gasteiger partial charge on any atom is 0.252 e. The molecule has 2 aromatic carbocycles. The van der Waals surface area contributed by atoms with Crippen LogP contribution in [0.1, 0.15) is 54.4 Å². The van der Waals surface area contributed by atoms with Crippen LogP contribution in [0.2, 0.25) is 0 Å². The molecule has 0 saturated carbocycles. The van der Waals surface area contributed by atoms with E-state index in [2.05, 4.69) is 16.0 Å². The van der Waals surface area contributed by atoms with E-state index < -0.39 is 84.4 Å². The SMILES string of the molecule is CO[C@@H]1O[C@H](C(=O)NCCCC[C@@H](NC(=O)[C@H](Cc2ccccc2)NC(=O)[C@@H]2CCCN2C(=O)[C@@H](N)Cc2c(C)cc(O)cc2C)C(N)=O)[C@@H](O)[C@H](O)[C@H]1O. The molecule has 0 spiro atoms. The Bertz CT molecular complexity index is 1640. The van der Waals surface area contributed by atoms with Crippen molar-refractivity contribution in [3.63, 3.8) is 0 Å². The highest BCUT2D eigenvalue weighted by atomic mass is 16.7. The summed E-state index contributed by atoms with van der Waals surface area (Å²) in [5.41, 5.74) is 15.2. The summed E-state index contributed by atoms with van der Waals surface area (Å²) in [6, 6.07) is 8.11. The number of methoxy groups -OCH3 is 1. The Labute approximate surface area is 319 Å². The van der Waals surface area contributed by atoms with E-state index in [1.165, 1.54) is 12.0 Å². The summed E-state index contributed by atoms with van der Waals surface area (Å²) in [5.74, 6) is -3.03. The summed E-state index contributed by atoms with van der Waals surface area (Å²) in [4.78, 5) is 67.6. The predicted octanol–water partition coefficient (Wildman–Crippen LogP) is -1.69. The minimum absolute atomic E-state index is 0.0836. The van der Waals surface area contributed by atoms with Crippen molar-refractivity contribution in [2.75, 3.05) is 20.2 Å². The van der Waals surface area contributed by atoms with E-state index in [1.54, 1.807) is 36.4 Å². The van der Waals surface area contributed by atoms with Crippen molar-refractivity contribution in [2.24, 2.45) is 11.5 Å². The lowest BCUT2D eigenvalue weighted by atomic mass is 9.95. The first-order valence-corrected chi connectivity index (χ1v) is 18.4. The van der Waals surface area contributed by atoms with Crippen molar-refractivity contribution >= 4 is 29.5 Å². The number of rotatable bonds is 17. The van der Waals surface area contributed by atoms with Gasteiger partial charge in [0.25, 0.3) is 5.91 Å². The molecule has 9 atom stereocenters. The van der Waals surface area contributed by atoms with Gasteiger partial charge in [0.1, 0.15) is 42.2 Å². The van der Waals surface area contributed by atoms with Gasteiger partial charge in [-0.1, -0.05) is 30.3 Å². The van der Waals surface area contributed by atoms with Gasteiger partial charge in [0.2, 0.25) is 23.6 Å². The highest BCUT2D eigenvalue weighted by molar-refractivity contribution is 5.95. The molecular weight excluding hydrogens is 716 g/mol. The summed E-state index contributed by atoms with van der Waals surface area (Å²) in [6.45, 7) is 4.05. The number of carbonyl (C=O) groups is 5. The van der Waals surface area contributed by atoms with Crippen molar-refractivity contribution in [3.8, 4) is 5.75 Å². The number of unbranched alkanes of at least 4 members (excludes halogenated alkanes) is 1. The zero-order valence-corrected chi connectivity index (χ0v) is 31.4. The molecule has 302 valence electrons. The van der Waals surface area contributed by atoms with Gasteiger partial charge in [0.05, 0.1) is 6.04 Å². The second kappa shape index (κ2) is 19.8. The first-order chi connectivity index (χ1) is 26.1. The van der Waals surface area contributed by atoms with E-state index in [9.17, 15) is 44.4 Å². The Balaban J connectivity index is 1.35. The maximum absolute atomic E-state index is 13.8. The lowest BCUT2D eigenvalue weighted by molar-refractivity contribution is -0.283. The van der Waals surface area contributed by atoms with Crippen molar-refractivity contribution in [1.82, 2.24) is 20.9 Å². The highest BCUT2D eigenvalue weighted by Gasteiger charge is 2.47. The molecule has 17 heteroatoms. The van der Waals surface area contributed by atoms with Crippen LogP contribution >= 0.6 is 0 Å². The second-order valence-corrected chi connectivity index (χ2v) is 14.2. The molecule has 0 aliphatic carbocycles. The minimum atomic E-state index is -1.69. The quantitative estimate of drug-likeness (QED) is 0.0816. The fourth-order valence-electron chi connectivity index (χ4n) is 7.05. The number of phenolic OH excluding ortho intramolecular Hbond substituents is 1. The fraction of sp³-hybridized carbons (Fsp3) is 0.553. The fourth-order valence-corrected chi connectivity index (χ4v) is 7.05. The number of phenols is 1. The molecule has 0 aromatic heterocycles. The van der Waals surface area contributed by atoms with Crippen LogP contribution in [0.5, 0.6) is 5.75 Å². The van der Waals surface area contributed by atoms with Gasteiger partial charge >= 0.3 is 0 Å². The van der Waals surface area contributed by atoms with Gasteiger partial charge in [0.15, 0.2) is 12.4 Å². The van der Waals surface area contributed by atoms with Crippen LogP contribution < -0.4 is 27.4 Å². The van der Waals surface area contributed by atoms with Gasteiger partial charge in [-0.25, -0.2) is 0 Å². The summed E-state index contributed by atoms with van der Waals surface area (Å²) in [7, 11) is 1.21. The number of nitrogens with two attached hydrogens (primary N) is 2. The molecule has 2 aliphatic rings. The first-order valence-electron chi connectivity index (χ1n) is 18.4. The molecule has 55 heavy (non-hydrogen) atoms. The van der Waals surface area contributed by atoms with Gasteiger partial charge in [-0.2, -0.15) is 0 Å². The lowest BCUT2D eigenvalue weighted by Gasteiger charge is -2.38. The van der Waals surface area contributed by atoms with Crippen molar-refractivity contribution in [3.05, 3.63) is 64.7 Å². The van der Waals surface area contributed by atoms with Crippen LogP contribution in [0.3, 0.4) is 0 Å². The Hall–Kier alpha value is -4.65. The minimum Gasteiger partial charge on any atom is -0.508 e. The van der Waals surface area contributed by atoms with Gasteiger partial charge in [-0.3, -0.25) is 24.0 Å². The van der Waals surface area contributed by atoms with Gasteiger partial charge in [-0.15, -0.1) is 0 Å². The molecule has 5 amide bonds. The number of nitrogens with zero attached hydrogens (tertiary/aromatic N) is 1. The van der Waals surface area contributed by atoms with Gasteiger partial charge in [0, 0.05) is 26.6 Å². The highest BCUT2D eigenvalue weighted by Crippen LogP contribution is 2.25. The van der Waals surface area contributed by atoms with E-state index >= 15 is 0 Å². The Morgan fingerprint density at radius 3 is 2.24 bits per heavy atom. The number of benzene rings is 2. The van der Waals surface area contributed by atoms with Crippen LogP contribution in [0.4, 0.5) is 0 Å². The number of likely N-dealkylation sites (tertiary alicyclic amines) is 1. The molecule has 4 rings (SSSR count). The smallest absolute Gasteiger partial charge is 0.252 e. The van der Waals surface area contributed by atoms with Gasteiger partial charge in [-0.05, 0) is 86.8 Å². The summed E-state index contributed by atoms with van der Waals surface area (Å²) in [6.07, 6.45) is -5.76. The Morgan fingerprint density at radius 1 is 0.927 bits per heavy atom. The Morgan fingerprint density at radius 2 is 1.60 bits per heavy atom. The van der Waals surface area contributed by atoms with Crippen LogP contribution in [0.25, 0.3) is 0 Å². The third-order valence-electron chi connectivity index (χ3n) is 10.1. The predicted molar refractivity (Wildman–Crippen MR) is 198 cm³/mol. The number of aromatic hydroxyl groups is 1. The monoisotopic (exact) mass is 770 g/mol. The summed E-state index contributed by atoms with van der Waals surface area (Å²) >= 11 is 0. The number of nitrogens with one attached hydrogen (secondary N) is 3. The number of aryl methyl sites for hydroxylation is 2. The van der Waals surface area contributed by atoms with E-state index in [0.29, 0.717) is 32.2 Å². The topological polar surface area (TPSA) is 276 Å². The molecule has 0 radical (unpaired) electrons. The zero-order chi connectivity index (χ0) is 40.4. The third kappa shape index (κ3) is 11.2. The normalized spacial score (nSPS) is 24.0. The molecule has 2 saturated heterocycles.